The topological polar surface area (TPSA) is 125 Å². The third-order valence-corrected chi connectivity index (χ3v) is 10.9. The lowest BCUT2D eigenvalue weighted by molar-refractivity contribution is 0.0302. The van der Waals surface area contributed by atoms with Gasteiger partial charge >= 0.3 is 0 Å². The van der Waals surface area contributed by atoms with Crippen molar-refractivity contribution in [1.29, 1.82) is 0 Å². The third-order valence-electron chi connectivity index (χ3n) is 8.49. The molecule has 11 nitrogen and oxygen atoms in total. The van der Waals surface area contributed by atoms with Crippen molar-refractivity contribution in [3.8, 4) is 17.1 Å². The molecule has 2 aliphatic heterocycles. The number of aryl methyl sites for hydroxylation is 1. The van der Waals surface area contributed by atoms with Gasteiger partial charge in [0.05, 0.1) is 29.1 Å². The van der Waals surface area contributed by atoms with Gasteiger partial charge in [-0.25, -0.2) is 18.4 Å². The van der Waals surface area contributed by atoms with E-state index in [9.17, 15) is 13.2 Å². The molecule has 2 fully saturated rings. The lowest BCUT2D eigenvalue weighted by Crippen LogP contribution is -2.41. The first-order valence-electron chi connectivity index (χ1n) is 14.5. The SMILES string of the molecule is CCS(=O)(=O)N1CC[C@H](Nc2c(Br)cnc3nc(-c4cc(C)n(-c5cccc(C(=O)N6CCOCC6)c5C)c4C)[nH]c23)C1. The molecule has 0 bridgehead atoms. The van der Waals surface area contributed by atoms with E-state index < -0.39 is 10.0 Å². The second-order valence-corrected chi connectivity index (χ2v) is 14.2. The minimum atomic E-state index is -3.23. The Balaban J connectivity index is 1.33. The molecule has 4 aromatic rings. The summed E-state index contributed by atoms with van der Waals surface area (Å²) in [7, 11) is -3.23. The summed E-state index contributed by atoms with van der Waals surface area (Å²) in [5.74, 6) is 0.805. The molecule has 1 atom stereocenters. The Labute approximate surface area is 259 Å². The molecule has 0 spiro atoms. The molecule has 0 saturated carbocycles. The first-order valence-corrected chi connectivity index (χ1v) is 16.9. The number of H-pyrrole nitrogens is 1. The van der Waals surface area contributed by atoms with Crippen molar-refractivity contribution in [2.24, 2.45) is 0 Å². The van der Waals surface area contributed by atoms with Crippen molar-refractivity contribution in [1.82, 2.24) is 28.7 Å². The zero-order valence-electron chi connectivity index (χ0n) is 24.8. The standard InChI is InChI=1S/C30H36BrN7O4S/c1-5-43(40,41)37-10-9-21(17-37)33-26-24(31)16-32-29-27(26)34-28(35-29)23-15-18(2)38(20(23)4)25-8-6-7-22(19(25)3)30(39)36-11-13-42-14-12-36/h6-8,15-16,21H,5,9-14,17H2,1-4H3,(H2,32,33,34,35)/t21-/m0/s1. The molecular weight excluding hydrogens is 634 g/mol. The minimum absolute atomic E-state index is 0.0250. The molecule has 228 valence electrons. The number of pyridine rings is 1. The Morgan fingerprint density at radius 3 is 2.70 bits per heavy atom. The lowest BCUT2D eigenvalue weighted by Gasteiger charge is -2.28. The van der Waals surface area contributed by atoms with Gasteiger partial charge in [-0.2, -0.15) is 4.31 Å². The number of fused-ring (bicyclic) bond motifs is 1. The highest BCUT2D eigenvalue weighted by molar-refractivity contribution is 9.10. The van der Waals surface area contributed by atoms with Gasteiger partial charge in [-0.05, 0) is 73.8 Å². The fraction of sp³-hybridized carbons (Fsp3) is 0.433. The first-order chi connectivity index (χ1) is 20.6. The molecular formula is C30H36BrN7O4S. The number of morpholine rings is 1. The molecule has 2 N–H and O–H groups in total. The molecule has 1 amide bonds. The van der Waals surface area contributed by atoms with Gasteiger partial charge in [0, 0.05) is 66.6 Å². The number of halogens is 1. The monoisotopic (exact) mass is 669 g/mol. The smallest absolute Gasteiger partial charge is 0.254 e. The van der Waals surface area contributed by atoms with E-state index in [2.05, 4.69) is 48.8 Å². The van der Waals surface area contributed by atoms with E-state index in [4.69, 9.17) is 9.72 Å². The van der Waals surface area contributed by atoms with E-state index in [-0.39, 0.29) is 17.7 Å². The average molecular weight is 671 g/mol. The maximum absolute atomic E-state index is 13.4. The molecule has 6 rings (SSSR count). The number of anilines is 1. The molecule has 2 saturated heterocycles. The van der Waals surface area contributed by atoms with E-state index in [1.807, 2.05) is 36.9 Å². The number of aromatic amines is 1. The normalized spacial score (nSPS) is 18.1. The Hall–Kier alpha value is -3.26. The number of carbonyl (C=O) groups excluding carboxylic acids is 1. The number of rotatable bonds is 7. The molecule has 5 heterocycles. The molecule has 0 radical (unpaired) electrons. The van der Waals surface area contributed by atoms with Crippen molar-refractivity contribution in [3.05, 3.63) is 57.4 Å². The van der Waals surface area contributed by atoms with E-state index in [0.29, 0.717) is 62.8 Å². The molecule has 0 aliphatic carbocycles. The van der Waals surface area contributed by atoms with Crippen LogP contribution in [0.1, 0.15) is 40.7 Å². The molecule has 43 heavy (non-hydrogen) atoms. The number of nitrogens with one attached hydrogen (secondary N) is 2. The summed E-state index contributed by atoms with van der Waals surface area (Å²) in [4.78, 5) is 28.1. The zero-order valence-corrected chi connectivity index (χ0v) is 27.2. The molecule has 0 unspecified atom stereocenters. The van der Waals surface area contributed by atoms with Crippen LogP contribution in [0.2, 0.25) is 0 Å². The van der Waals surface area contributed by atoms with Gasteiger partial charge in [0.2, 0.25) is 10.0 Å². The van der Waals surface area contributed by atoms with Crippen LogP contribution in [0.3, 0.4) is 0 Å². The van der Waals surface area contributed by atoms with Crippen LogP contribution in [0.15, 0.2) is 34.9 Å². The number of sulfonamides is 1. The lowest BCUT2D eigenvalue weighted by atomic mass is 10.0. The number of benzene rings is 1. The highest BCUT2D eigenvalue weighted by Crippen LogP contribution is 2.35. The molecule has 13 heteroatoms. The van der Waals surface area contributed by atoms with Crippen LogP contribution < -0.4 is 5.32 Å². The Morgan fingerprint density at radius 1 is 1.19 bits per heavy atom. The van der Waals surface area contributed by atoms with Crippen molar-refractivity contribution < 1.29 is 17.9 Å². The average Bonchev–Trinajstić information content (AvgIpc) is 3.73. The second kappa shape index (κ2) is 11.7. The van der Waals surface area contributed by atoms with Gasteiger partial charge < -0.3 is 24.5 Å². The van der Waals surface area contributed by atoms with Crippen LogP contribution in [0.4, 0.5) is 5.69 Å². The van der Waals surface area contributed by atoms with Crippen molar-refractivity contribution in [2.75, 3.05) is 50.5 Å². The van der Waals surface area contributed by atoms with Crippen LogP contribution in [-0.4, -0.2) is 94.2 Å². The largest absolute Gasteiger partial charge is 0.378 e. The molecule has 2 aliphatic rings. The van der Waals surface area contributed by atoms with E-state index in [1.165, 1.54) is 0 Å². The van der Waals surface area contributed by atoms with Crippen LogP contribution in [0.25, 0.3) is 28.2 Å². The summed E-state index contributed by atoms with van der Waals surface area (Å²) < 4.78 is 34.7. The number of hydrogen-bond donors (Lipinski definition) is 2. The van der Waals surface area contributed by atoms with E-state index in [0.717, 1.165) is 43.9 Å². The van der Waals surface area contributed by atoms with Gasteiger partial charge in [-0.1, -0.05) is 6.07 Å². The highest BCUT2D eigenvalue weighted by Gasteiger charge is 2.31. The summed E-state index contributed by atoms with van der Waals surface area (Å²) in [6.45, 7) is 11.0. The first kappa shape index (κ1) is 29.8. The predicted molar refractivity (Wildman–Crippen MR) is 170 cm³/mol. The van der Waals surface area contributed by atoms with E-state index in [1.54, 1.807) is 17.4 Å². The number of aromatic nitrogens is 4. The van der Waals surface area contributed by atoms with Crippen LogP contribution in [0, 0.1) is 20.8 Å². The number of ether oxygens (including phenoxy) is 1. The zero-order chi connectivity index (χ0) is 30.5. The number of hydrogen-bond acceptors (Lipinski definition) is 7. The van der Waals surface area contributed by atoms with Crippen molar-refractivity contribution in [3.63, 3.8) is 0 Å². The molecule has 3 aromatic heterocycles. The number of amides is 1. The summed E-state index contributed by atoms with van der Waals surface area (Å²) >= 11 is 3.63. The fourth-order valence-electron chi connectivity index (χ4n) is 6.10. The second-order valence-electron chi connectivity index (χ2n) is 11.1. The maximum Gasteiger partial charge on any atom is 0.254 e. The maximum atomic E-state index is 13.4. The van der Waals surface area contributed by atoms with Gasteiger partial charge in [0.25, 0.3) is 5.91 Å². The van der Waals surface area contributed by atoms with Gasteiger partial charge in [0.1, 0.15) is 11.3 Å². The Morgan fingerprint density at radius 2 is 1.95 bits per heavy atom. The summed E-state index contributed by atoms with van der Waals surface area (Å²) in [5.41, 5.74) is 7.63. The number of imidazole rings is 1. The number of nitrogens with zero attached hydrogens (tertiary/aromatic N) is 5. The molecule has 1 aromatic carbocycles. The van der Waals surface area contributed by atoms with Crippen LogP contribution in [0.5, 0.6) is 0 Å². The van der Waals surface area contributed by atoms with Crippen molar-refractivity contribution in [2.45, 2.75) is 40.2 Å². The van der Waals surface area contributed by atoms with Crippen LogP contribution in [-0.2, 0) is 14.8 Å². The Kier molecular flexibility index (Phi) is 8.09. The minimum Gasteiger partial charge on any atom is -0.378 e. The fourth-order valence-corrected chi connectivity index (χ4v) is 7.67. The van der Waals surface area contributed by atoms with Crippen LogP contribution >= 0.6 is 15.9 Å². The highest BCUT2D eigenvalue weighted by atomic mass is 79.9. The van der Waals surface area contributed by atoms with Gasteiger partial charge in [0.15, 0.2) is 5.65 Å². The quantitative estimate of drug-likeness (QED) is 0.299. The third kappa shape index (κ3) is 5.47. The Bertz CT molecular complexity index is 1810. The number of carbonyl (C=O) groups is 1. The summed E-state index contributed by atoms with van der Waals surface area (Å²) in [6.07, 6.45) is 2.43. The van der Waals surface area contributed by atoms with Crippen molar-refractivity contribution >= 4 is 48.7 Å². The van der Waals surface area contributed by atoms with Gasteiger partial charge in [-0.15, -0.1) is 0 Å². The predicted octanol–water partition coefficient (Wildman–Crippen LogP) is 4.41. The van der Waals surface area contributed by atoms with E-state index >= 15 is 0 Å². The van der Waals surface area contributed by atoms with Gasteiger partial charge in [-0.3, -0.25) is 4.79 Å². The summed E-state index contributed by atoms with van der Waals surface area (Å²) in [6, 6.07) is 7.93. The summed E-state index contributed by atoms with van der Waals surface area (Å²) in [5, 5.41) is 3.54.